The monoisotopic (exact) mass is 317 g/mol. The Morgan fingerprint density at radius 2 is 2.22 bits per heavy atom. The van der Waals surface area contributed by atoms with Crippen LogP contribution in [0.4, 0.5) is 5.95 Å². The van der Waals surface area contributed by atoms with Crippen molar-refractivity contribution >= 4 is 23.0 Å². The molecule has 2 N–H and O–H groups in total. The van der Waals surface area contributed by atoms with E-state index in [-0.39, 0.29) is 12.5 Å². The number of likely N-dealkylation sites (tertiary alicyclic amines) is 1. The van der Waals surface area contributed by atoms with Gasteiger partial charge in [-0.15, -0.1) is 0 Å². The molecule has 0 saturated carbocycles. The molecule has 0 spiro atoms. The first kappa shape index (κ1) is 15.9. The maximum absolute atomic E-state index is 12.3. The summed E-state index contributed by atoms with van der Waals surface area (Å²) in [5, 5.41) is 12.1. The summed E-state index contributed by atoms with van der Waals surface area (Å²) in [4.78, 5) is 23.2. The highest BCUT2D eigenvalue weighted by Gasteiger charge is 2.21. The number of imidazole rings is 1. The Labute approximate surface area is 135 Å². The van der Waals surface area contributed by atoms with E-state index >= 15 is 0 Å². The molecule has 3 rings (SSSR count). The molecule has 0 aliphatic carbocycles. The van der Waals surface area contributed by atoms with Crippen molar-refractivity contribution in [3.05, 3.63) is 18.3 Å². The van der Waals surface area contributed by atoms with Gasteiger partial charge in [0.15, 0.2) is 5.65 Å². The number of aliphatic hydroxyl groups excluding tert-OH is 1. The second-order valence-corrected chi connectivity index (χ2v) is 5.98. The van der Waals surface area contributed by atoms with Crippen LogP contribution in [0, 0.1) is 5.92 Å². The van der Waals surface area contributed by atoms with Gasteiger partial charge in [0.05, 0.1) is 6.54 Å². The number of nitrogens with one attached hydrogen (secondary N) is 1. The summed E-state index contributed by atoms with van der Waals surface area (Å²) in [6, 6.07) is 3.73. The number of hydrogen-bond donors (Lipinski definition) is 2. The standard InChI is InChI=1S/C16H23N5O2/c1-2-21-15-13(4-3-7-17-15)18-16(21)19-14(23)10-20-8-5-12(11-22)6-9-20/h3-4,7,12,22H,2,5-6,8-11H2,1H3,(H,18,19,23). The largest absolute Gasteiger partial charge is 0.396 e. The van der Waals surface area contributed by atoms with E-state index in [4.69, 9.17) is 5.11 Å². The minimum absolute atomic E-state index is 0.0579. The highest BCUT2D eigenvalue weighted by Crippen LogP contribution is 2.18. The zero-order valence-corrected chi connectivity index (χ0v) is 13.4. The van der Waals surface area contributed by atoms with Gasteiger partial charge in [-0.05, 0) is 50.9 Å². The average Bonchev–Trinajstić information content (AvgIpc) is 2.92. The molecule has 1 aliphatic rings. The first-order valence-electron chi connectivity index (χ1n) is 8.15. The lowest BCUT2D eigenvalue weighted by molar-refractivity contribution is -0.117. The number of fused-ring (bicyclic) bond motifs is 1. The number of pyridine rings is 1. The molecular weight excluding hydrogens is 294 g/mol. The van der Waals surface area contributed by atoms with Gasteiger partial charge in [-0.3, -0.25) is 19.6 Å². The molecule has 7 nitrogen and oxygen atoms in total. The molecule has 1 saturated heterocycles. The zero-order valence-electron chi connectivity index (χ0n) is 13.4. The molecule has 7 heteroatoms. The minimum Gasteiger partial charge on any atom is -0.396 e. The molecule has 0 bridgehead atoms. The Balaban J connectivity index is 1.64. The van der Waals surface area contributed by atoms with E-state index in [9.17, 15) is 4.79 Å². The predicted octanol–water partition coefficient (Wildman–Crippen LogP) is 1.09. The fraction of sp³-hybridized carbons (Fsp3) is 0.562. The van der Waals surface area contributed by atoms with Gasteiger partial charge in [-0.25, -0.2) is 9.97 Å². The van der Waals surface area contributed by atoms with Crippen molar-refractivity contribution in [1.29, 1.82) is 0 Å². The van der Waals surface area contributed by atoms with Crippen molar-refractivity contribution in [2.45, 2.75) is 26.3 Å². The highest BCUT2D eigenvalue weighted by molar-refractivity contribution is 5.92. The summed E-state index contributed by atoms with van der Waals surface area (Å²) < 4.78 is 1.91. The molecule has 0 unspecified atom stereocenters. The number of aryl methyl sites for hydroxylation is 1. The minimum atomic E-state index is -0.0579. The van der Waals surface area contributed by atoms with Gasteiger partial charge < -0.3 is 5.11 Å². The van der Waals surface area contributed by atoms with Crippen LogP contribution in [-0.2, 0) is 11.3 Å². The van der Waals surface area contributed by atoms with Crippen LogP contribution in [0.5, 0.6) is 0 Å². The quantitative estimate of drug-likeness (QED) is 0.862. The molecule has 0 aromatic carbocycles. The van der Waals surface area contributed by atoms with Gasteiger partial charge in [-0.2, -0.15) is 0 Å². The molecule has 2 aromatic heterocycles. The molecule has 3 heterocycles. The van der Waals surface area contributed by atoms with Crippen LogP contribution in [0.15, 0.2) is 18.3 Å². The molecule has 1 amide bonds. The van der Waals surface area contributed by atoms with E-state index in [0.29, 0.717) is 25.0 Å². The maximum atomic E-state index is 12.3. The number of aliphatic hydroxyl groups is 1. The van der Waals surface area contributed by atoms with Gasteiger partial charge >= 0.3 is 0 Å². The fourth-order valence-corrected chi connectivity index (χ4v) is 3.05. The SMILES string of the molecule is CCn1c(NC(=O)CN2CCC(CO)CC2)nc2cccnc21. The van der Waals surface area contributed by atoms with Crippen molar-refractivity contribution < 1.29 is 9.90 Å². The van der Waals surface area contributed by atoms with Crippen molar-refractivity contribution in [2.75, 3.05) is 31.6 Å². The van der Waals surface area contributed by atoms with Crippen LogP contribution in [0.2, 0.25) is 0 Å². The van der Waals surface area contributed by atoms with Gasteiger partial charge in [0.1, 0.15) is 5.52 Å². The number of anilines is 1. The Morgan fingerprint density at radius 3 is 2.91 bits per heavy atom. The van der Waals surface area contributed by atoms with Crippen LogP contribution in [0.25, 0.3) is 11.2 Å². The second-order valence-electron chi connectivity index (χ2n) is 5.98. The zero-order chi connectivity index (χ0) is 16.2. The lowest BCUT2D eigenvalue weighted by Crippen LogP contribution is -2.40. The summed E-state index contributed by atoms with van der Waals surface area (Å²) >= 11 is 0. The molecule has 2 aromatic rings. The fourth-order valence-electron chi connectivity index (χ4n) is 3.05. The first-order valence-corrected chi connectivity index (χ1v) is 8.15. The summed E-state index contributed by atoms with van der Waals surface area (Å²) in [5.41, 5.74) is 1.57. The lowest BCUT2D eigenvalue weighted by atomic mass is 9.98. The number of carbonyl (C=O) groups is 1. The molecule has 124 valence electrons. The van der Waals surface area contributed by atoms with Crippen LogP contribution in [-0.4, -0.2) is 56.7 Å². The van der Waals surface area contributed by atoms with E-state index in [1.807, 2.05) is 23.6 Å². The van der Waals surface area contributed by atoms with E-state index in [1.54, 1.807) is 6.20 Å². The third-order valence-electron chi connectivity index (χ3n) is 4.40. The number of nitrogens with zero attached hydrogens (tertiary/aromatic N) is 4. The lowest BCUT2D eigenvalue weighted by Gasteiger charge is -2.30. The van der Waals surface area contributed by atoms with Crippen LogP contribution in [0.1, 0.15) is 19.8 Å². The van der Waals surface area contributed by atoms with Crippen LogP contribution in [0.3, 0.4) is 0 Å². The van der Waals surface area contributed by atoms with E-state index in [1.165, 1.54) is 0 Å². The maximum Gasteiger partial charge on any atom is 0.240 e. The van der Waals surface area contributed by atoms with Crippen LogP contribution >= 0.6 is 0 Å². The highest BCUT2D eigenvalue weighted by atomic mass is 16.3. The summed E-state index contributed by atoms with van der Waals surface area (Å²) in [5.74, 6) is 0.874. The number of amides is 1. The van der Waals surface area contributed by atoms with Crippen molar-refractivity contribution in [1.82, 2.24) is 19.4 Å². The first-order chi connectivity index (χ1) is 11.2. The average molecular weight is 317 g/mol. The van der Waals surface area contributed by atoms with Gasteiger partial charge in [-0.1, -0.05) is 0 Å². The Morgan fingerprint density at radius 1 is 1.43 bits per heavy atom. The Bertz CT molecular complexity index is 676. The van der Waals surface area contributed by atoms with Crippen molar-refractivity contribution in [3.63, 3.8) is 0 Å². The molecule has 23 heavy (non-hydrogen) atoms. The van der Waals surface area contributed by atoms with Gasteiger partial charge in [0.2, 0.25) is 11.9 Å². The van der Waals surface area contributed by atoms with E-state index in [0.717, 1.165) is 37.1 Å². The molecule has 0 atom stereocenters. The molecular formula is C16H23N5O2. The Kier molecular flexibility index (Phi) is 4.88. The van der Waals surface area contributed by atoms with Crippen LogP contribution < -0.4 is 5.32 Å². The summed E-state index contributed by atoms with van der Waals surface area (Å²) in [6.45, 7) is 5.01. The summed E-state index contributed by atoms with van der Waals surface area (Å²) in [6.07, 6.45) is 3.62. The third kappa shape index (κ3) is 3.51. The smallest absolute Gasteiger partial charge is 0.240 e. The number of aromatic nitrogens is 3. The third-order valence-corrected chi connectivity index (χ3v) is 4.40. The van der Waals surface area contributed by atoms with Crippen molar-refractivity contribution in [3.8, 4) is 0 Å². The predicted molar refractivity (Wildman–Crippen MR) is 88.1 cm³/mol. The van der Waals surface area contributed by atoms with Crippen molar-refractivity contribution in [2.24, 2.45) is 5.92 Å². The number of hydrogen-bond acceptors (Lipinski definition) is 5. The normalized spacial score (nSPS) is 16.8. The van der Waals surface area contributed by atoms with Gasteiger partial charge in [0.25, 0.3) is 0 Å². The second kappa shape index (κ2) is 7.06. The summed E-state index contributed by atoms with van der Waals surface area (Å²) in [7, 11) is 0. The van der Waals surface area contributed by atoms with E-state index in [2.05, 4.69) is 20.2 Å². The molecule has 1 fully saturated rings. The number of piperidine rings is 1. The molecule has 0 radical (unpaired) electrons. The Hall–Kier alpha value is -1.99. The molecule has 1 aliphatic heterocycles. The number of rotatable bonds is 5. The van der Waals surface area contributed by atoms with E-state index < -0.39 is 0 Å². The van der Waals surface area contributed by atoms with Gasteiger partial charge in [0, 0.05) is 19.3 Å². The topological polar surface area (TPSA) is 83.3 Å². The number of carbonyl (C=O) groups excluding carboxylic acids is 1.